The number of aryl methyl sites for hydroxylation is 1. The molecule has 0 unspecified atom stereocenters. The summed E-state index contributed by atoms with van der Waals surface area (Å²) in [5.74, 6) is 0.159. The molecule has 17 heavy (non-hydrogen) atoms. The number of aromatic hydroxyl groups is 1. The van der Waals surface area contributed by atoms with Crippen LogP contribution in [-0.2, 0) is 6.42 Å². The van der Waals surface area contributed by atoms with Crippen LogP contribution in [0.25, 0.3) is 11.4 Å². The maximum atomic E-state index is 11.7. The highest BCUT2D eigenvalue weighted by Crippen LogP contribution is 2.20. The van der Waals surface area contributed by atoms with Gasteiger partial charge < -0.3 is 10.1 Å². The van der Waals surface area contributed by atoms with E-state index in [1.165, 1.54) is 0 Å². The molecule has 2 aromatic heterocycles. The number of nitrogens with one attached hydrogen (secondary N) is 1. The minimum atomic E-state index is -0.300. The van der Waals surface area contributed by atoms with Gasteiger partial charge in [-0.05, 0) is 25.0 Å². The lowest BCUT2D eigenvalue weighted by atomic mass is 10.1. The highest BCUT2D eigenvalue weighted by molar-refractivity contribution is 5.59. The van der Waals surface area contributed by atoms with Gasteiger partial charge in [0, 0.05) is 18.0 Å². The molecule has 2 heterocycles. The third-order valence-corrected chi connectivity index (χ3v) is 2.62. The molecule has 0 amide bonds. The van der Waals surface area contributed by atoms with Gasteiger partial charge in [-0.3, -0.25) is 9.78 Å². The zero-order chi connectivity index (χ0) is 12.4. The Morgan fingerprint density at radius 2 is 2.24 bits per heavy atom. The van der Waals surface area contributed by atoms with E-state index in [4.69, 9.17) is 0 Å². The van der Waals surface area contributed by atoms with Crippen LogP contribution >= 0.6 is 0 Å². The summed E-state index contributed by atoms with van der Waals surface area (Å²) in [6.07, 6.45) is 3.75. The van der Waals surface area contributed by atoms with Crippen LogP contribution < -0.4 is 5.56 Å². The second kappa shape index (κ2) is 4.37. The third-order valence-electron chi connectivity index (χ3n) is 2.62. The van der Waals surface area contributed by atoms with Crippen LogP contribution in [0.4, 0.5) is 0 Å². The molecule has 88 valence electrons. The smallest absolute Gasteiger partial charge is 0.258 e. The molecule has 0 spiro atoms. The summed E-state index contributed by atoms with van der Waals surface area (Å²) in [4.78, 5) is 22.4. The predicted molar refractivity (Wildman–Crippen MR) is 63.9 cm³/mol. The fourth-order valence-corrected chi connectivity index (χ4v) is 1.67. The summed E-state index contributed by atoms with van der Waals surface area (Å²) in [5, 5.41) is 9.68. The lowest BCUT2D eigenvalue weighted by molar-refractivity contribution is 0.444. The Morgan fingerprint density at radius 1 is 1.47 bits per heavy atom. The fourth-order valence-electron chi connectivity index (χ4n) is 1.67. The highest BCUT2D eigenvalue weighted by atomic mass is 16.3. The lowest BCUT2D eigenvalue weighted by Gasteiger charge is -2.06. The Kier molecular flexibility index (Phi) is 2.91. The number of nitrogens with zero attached hydrogens (tertiary/aromatic N) is 2. The van der Waals surface area contributed by atoms with Crippen LogP contribution in [0.5, 0.6) is 5.88 Å². The average molecular weight is 231 g/mol. The van der Waals surface area contributed by atoms with Crippen molar-refractivity contribution in [2.24, 2.45) is 0 Å². The highest BCUT2D eigenvalue weighted by Gasteiger charge is 2.11. The Balaban J connectivity index is 2.63. The van der Waals surface area contributed by atoms with E-state index in [9.17, 15) is 9.90 Å². The first kappa shape index (κ1) is 11.3. The van der Waals surface area contributed by atoms with Gasteiger partial charge in [0.05, 0.1) is 5.56 Å². The number of pyridine rings is 1. The minimum absolute atomic E-state index is 0.206. The van der Waals surface area contributed by atoms with Gasteiger partial charge in [-0.1, -0.05) is 6.92 Å². The van der Waals surface area contributed by atoms with Crippen molar-refractivity contribution < 1.29 is 5.11 Å². The van der Waals surface area contributed by atoms with Crippen molar-refractivity contribution in [2.45, 2.75) is 20.3 Å². The molecule has 5 heteroatoms. The fraction of sp³-hybridized carbons (Fsp3) is 0.250. The minimum Gasteiger partial charge on any atom is -0.493 e. The van der Waals surface area contributed by atoms with E-state index in [-0.39, 0.29) is 11.4 Å². The number of H-pyrrole nitrogens is 1. The van der Waals surface area contributed by atoms with E-state index in [1.807, 2.05) is 6.92 Å². The van der Waals surface area contributed by atoms with Crippen LogP contribution in [0.15, 0.2) is 23.3 Å². The number of aromatic nitrogens is 3. The van der Waals surface area contributed by atoms with Crippen molar-refractivity contribution >= 4 is 0 Å². The zero-order valence-electron chi connectivity index (χ0n) is 9.69. The van der Waals surface area contributed by atoms with Crippen LogP contribution in [0, 0.1) is 6.92 Å². The molecule has 5 nitrogen and oxygen atoms in total. The molecule has 0 aliphatic carbocycles. The normalized spacial score (nSPS) is 10.5. The zero-order valence-corrected chi connectivity index (χ0v) is 9.69. The molecule has 2 rings (SSSR count). The molecule has 2 aromatic rings. The Labute approximate surface area is 98.2 Å². The van der Waals surface area contributed by atoms with Crippen molar-refractivity contribution in [1.29, 1.82) is 0 Å². The topological polar surface area (TPSA) is 78.9 Å². The second-order valence-corrected chi connectivity index (χ2v) is 3.76. The first-order chi connectivity index (χ1) is 8.13. The summed E-state index contributed by atoms with van der Waals surface area (Å²) in [6.45, 7) is 3.66. The van der Waals surface area contributed by atoms with E-state index in [2.05, 4.69) is 15.0 Å². The Bertz CT molecular complexity index is 605. The summed E-state index contributed by atoms with van der Waals surface area (Å²) < 4.78 is 0. The molecule has 0 fully saturated rings. The number of hydrogen-bond acceptors (Lipinski definition) is 4. The lowest BCUT2D eigenvalue weighted by Crippen LogP contribution is -2.14. The van der Waals surface area contributed by atoms with Gasteiger partial charge in [0.2, 0.25) is 5.88 Å². The first-order valence-corrected chi connectivity index (χ1v) is 5.36. The monoisotopic (exact) mass is 231 g/mol. The molecule has 0 saturated carbocycles. The molecule has 0 saturated heterocycles. The largest absolute Gasteiger partial charge is 0.493 e. The summed E-state index contributed by atoms with van der Waals surface area (Å²) >= 11 is 0. The van der Waals surface area contributed by atoms with E-state index in [0.29, 0.717) is 17.8 Å². The van der Waals surface area contributed by atoms with Crippen molar-refractivity contribution in [3.05, 3.63) is 39.9 Å². The molecule has 0 radical (unpaired) electrons. The molecular formula is C12H13N3O2. The van der Waals surface area contributed by atoms with Crippen LogP contribution in [0.1, 0.15) is 18.1 Å². The molecule has 0 aromatic carbocycles. The van der Waals surface area contributed by atoms with Crippen molar-refractivity contribution in [3.8, 4) is 17.3 Å². The summed E-state index contributed by atoms with van der Waals surface area (Å²) in [6, 6.07) is 1.75. The molecule has 0 aliphatic rings. The van der Waals surface area contributed by atoms with Gasteiger partial charge in [0.15, 0.2) is 0 Å². The van der Waals surface area contributed by atoms with Gasteiger partial charge in [-0.2, -0.15) is 4.98 Å². The third kappa shape index (κ3) is 2.04. The quantitative estimate of drug-likeness (QED) is 0.819. The SMILES string of the molecule is CCc1c(O)nc(-c2ccncc2C)[nH]c1=O. The summed E-state index contributed by atoms with van der Waals surface area (Å²) in [7, 11) is 0. The molecule has 0 atom stereocenters. The van der Waals surface area contributed by atoms with Crippen molar-refractivity contribution in [1.82, 2.24) is 15.0 Å². The van der Waals surface area contributed by atoms with E-state index >= 15 is 0 Å². The van der Waals surface area contributed by atoms with Crippen molar-refractivity contribution in [2.75, 3.05) is 0 Å². The van der Waals surface area contributed by atoms with Gasteiger partial charge in [0.1, 0.15) is 5.82 Å². The van der Waals surface area contributed by atoms with Crippen LogP contribution in [0.2, 0.25) is 0 Å². The number of hydrogen-bond donors (Lipinski definition) is 2. The molecular weight excluding hydrogens is 218 g/mol. The molecule has 0 aliphatic heterocycles. The number of rotatable bonds is 2. The van der Waals surface area contributed by atoms with E-state index in [0.717, 1.165) is 11.1 Å². The second-order valence-electron chi connectivity index (χ2n) is 3.76. The maximum absolute atomic E-state index is 11.7. The maximum Gasteiger partial charge on any atom is 0.258 e. The first-order valence-electron chi connectivity index (χ1n) is 5.36. The molecule has 0 bridgehead atoms. The summed E-state index contributed by atoms with van der Waals surface area (Å²) in [5.41, 5.74) is 1.65. The van der Waals surface area contributed by atoms with E-state index in [1.54, 1.807) is 25.4 Å². The standard InChI is InChI=1S/C12H13N3O2/c1-3-8-11(16)14-10(15-12(8)17)9-4-5-13-6-7(9)2/h4-6H,3H2,1-2H3,(H2,14,15,16,17). The molecule has 2 N–H and O–H groups in total. The van der Waals surface area contributed by atoms with Gasteiger partial charge >= 0.3 is 0 Å². The van der Waals surface area contributed by atoms with Crippen molar-refractivity contribution in [3.63, 3.8) is 0 Å². The predicted octanol–water partition coefficient (Wildman–Crippen LogP) is 1.41. The van der Waals surface area contributed by atoms with E-state index < -0.39 is 0 Å². The van der Waals surface area contributed by atoms with Gasteiger partial charge in [-0.25, -0.2) is 0 Å². The van der Waals surface area contributed by atoms with Crippen LogP contribution in [0.3, 0.4) is 0 Å². The van der Waals surface area contributed by atoms with Gasteiger partial charge in [0.25, 0.3) is 5.56 Å². The Morgan fingerprint density at radius 3 is 2.82 bits per heavy atom. The number of aromatic amines is 1. The average Bonchev–Trinajstić information content (AvgIpc) is 2.29. The van der Waals surface area contributed by atoms with Gasteiger partial charge in [-0.15, -0.1) is 0 Å². The Hall–Kier alpha value is -2.17. The van der Waals surface area contributed by atoms with Crippen LogP contribution in [-0.4, -0.2) is 20.1 Å².